The van der Waals surface area contributed by atoms with Gasteiger partial charge in [-0.25, -0.2) is 9.97 Å². The fourth-order valence-electron chi connectivity index (χ4n) is 5.51. The highest BCUT2D eigenvalue weighted by atomic mass is 35.5. The van der Waals surface area contributed by atoms with Crippen LogP contribution in [0.4, 0.5) is 0 Å². The Morgan fingerprint density at radius 3 is 2.48 bits per heavy atom. The number of ether oxygens (including phenoxy) is 2. The first-order valence-electron chi connectivity index (χ1n) is 13.1. The third-order valence-corrected chi connectivity index (χ3v) is 8.62. The van der Waals surface area contributed by atoms with Crippen molar-refractivity contribution in [1.82, 2.24) is 29.5 Å². The molecule has 3 aliphatic heterocycles. The molecule has 3 aromatic rings. The molecule has 0 fully saturated rings. The van der Waals surface area contributed by atoms with E-state index in [-0.39, 0.29) is 36.5 Å². The summed E-state index contributed by atoms with van der Waals surface area (Å²) in [6, 6.07) is 4.40. The van der Waals surface area contributed by atoms with Crippen molar-refractivity contribution in [3.63, 3.8) is 0 Å². The van der Waals surface area contributed by atoms with Crippen LogP contribution in [0.5, 0.6) is 0 Å². The van der Waals surface area contributed by atoms with Crippen molar-refractivity contribution >= 4 is 35.0 Å². The van der Waals surface area contributed by atoms with Crippen LogP contribution in [-0.2, 0) is 28.2 Å². The van der Waals surface area contributed by atoms with Crippen molar-refractivity contribution < 1.29 is 19.1 Å². The van der Waals surface area contributed by atoms with Gasteiger partial charge in [0.05, 0.1) is 34.4 Å². The molecule has 0 aliphatic carbocycles. The highest BCUT2D eigenvalue weighted by Crippen LogP contribution is 2.36. The van der Waals surface area contributed by atoms with Gasteiger partial charge in [0.15, 0.2) is 0 Å². The van der Waals surface area contributed by atoms with Crippen LogP contribution in [-0.4, -0.2) is 53.9 Å². The van der Waals surface area contributed by atoms with E-state index in [1.165, 1.54) is 12.5 Å². The Hall–Kier alpha value is -3.63. The average molecular weight is 583 g/mol. The van der Waals surface area contributed by atoms with Crippen LogP contribution < -0.4 is 0 Å². The Kier molecular flexibility index (Phi) is 6.50. The van der Waals surface area contributed by atoms with Gasteiger partial charge in [-0.1, -0.05) is 23.2 Å². The molecule has 208 valence electrons. The van der Waals surface area contributed by atoms with E-state index in [4.69, 9.17) is 37.8 Å². The van der Waals surface area contributed by atoms with Crippen molar-refractivity contribution in [3.8, 4) is 0 Å². The monoisotopic (exact) mass is 582 g/mol. The number of halogens is 2. The summed E-state index contributed by atoms with van der Waals surface area (Å²) in [5.41, 5.74) is 3.38. The Bertz CT molecular complexity index is 1530. The topological polar surface area (TPSA) is 103 Å². The molecule has 1 aromatic carbocycles. The second-order valence-corrected chi connectivity index (χ2v) is 11.4. The number of nitrogens with zero attached hydrogens (tertiary/aromatic N) is 6. The summed E-state index contributed by atoms with van der Waals surface area (Å²) < 4.78 is 12.8. The van der Waals surface area contributed by atoms with E-state index in [9.17, 15) is 9.59 Å². The highest BCUT2D eigenvalue weighted by molar-refractivity contribution is 6.42. The number of hydrogen-bond donors (Lipinski definition) is 0. The fourth-order valence-corrected chi connectivity index (χ4v) is 5.80. The quantitative estimate of drug-likeness (QED) is 0.424. The molecule has 6 rings (SSSR count). The van der Waals surface area contributed by atoms with E-state index < -0.39 is 5.79 Å². The average Bonchev–Trinajstić information content (AvgIpc) is 3.55. The lowest BCUT2D eigenvalue weighted by Gasteiger charge is -2.37. The Balaban J connectivity index is 1.27. The lowest BCUT2D eigenvalue weighted by Crippen LogP contribution is -2.45. The summed E-state index contributed by atoms with van der Waals surface area (Å²) in [5, 5.41) is 5.54. The molecule has 0 N–H and O–H groups in total. The molecule has 5 heterocycles. The largest absolute Gasteiger partial charge is 0.450 e. The standard InChI is InChI=1S/C28H28Cl2N6O4/c1-15-9-23-20(14-34(15)25(37)18-5-6-21(29)22(30)10-18)24-26(38)35(13-16(2)36(24)33-23)17(3)19-11-31-27(32-12-19)28(4)39-7-8-40-28/h5-8,10-12,15-17H,9,13-14H2,1-4H3/t15-,16-,17?/m1/s1. The first-order chi connectivity index (χ1) is 19.1. The smallest absolute Gasteiger partial charge is 0.308 e. The zero-order valence-corrected chi connectivity index (χ0v) is 24.0. The molecule has 0 saturated heterocycles. The second-order valence-electron chi connectivity index (χ2n) is 10.6. The lowest BCUT2D eigenvalue weighted by molar-refractivity contribution is -0.139. The number of rotatable bonds is 4. The summed E-state index contributed by atoms with van der Waals surface area (Å²) in [7, 11) is 0. The maximum absolute atomic E-state index is 14.0. The van der Waals surface area contributed by atoms with E-state index in [1.54, 1.807) is 42.4 Å². The Morgan fingerprint density at radius 1 is 1.10 bits per heavy atom. The molecule has 2 aromatic heterocycles. The lowest BCUT2D eigenvalue weighted by atomic mass is 9.96. The molecule has 1 unspecified atom stereocenters. The van der Waals surface area contributed by atoms with Crippen LogP contribution in [0.2, 0.25) is 10.0 Å². The number of aromatic nitrogens is 4. The summed E-state index contributed by atoms with van der Waals surface area (Å²) in [4.78, 5) is 40.0. The van der Waals surface area contributed by atoms with E-state index in [2.05, 4.69) is 9.97 Å². The number of amides is 2. The maximum Gasteiger partial charge on any atom is 0.308 e. The number of hydrogen-bond acceptors (Lipinski definition) is 7. The minimum atomic E-state index is -1.07. The van der Waals surface area contributed by atoms with E-state index in [0.29, 0.717) is 40.1 Å². The van der Waals surface area contributed by atoms with Gasteiger partial charge in [0, 0.05) is 55.0 Å². The highest BCUT2D eigenvalue weighted by Gasteiger charge is 2.41. The SMILES string of the molecule is CC(c1cnc(C2(C)OC=CO2)nc1)N1C[C@@H](C)n2nc3c(c2C1=O)CN(C(=O)c1ccc(Cl)c(Cl)c1)[C@H](C)C3. The Morgan fingerprint density at radius 2 is 1.80 bits per heavy atom. The van der Waals surface area contributed by atoms with E-state index in [0.717, 1.165) is 16.8 Å². The number of carbonyl (C=O) groups is 2. The predicted octanol–water partition coefficient (Wildman–Crippen LogP) is 5.04. The first kappa shape index (κ1) is 26.6. The molecular formula is C28H28Cl2N6O4. The van der Waals surface area contributed by atoms with E-state index in [1.807, 2.05) is 30.4 Å². The Labute approximate surface area is 241 Å². The summed E-state index contributed by atoms with van der Waals surface area (Å²) in [6.07, 6.45) is 6.85. The minimum absolute atomic E-state index is 0.0549. The summed E-state index contributed by atoms with van der Waals surface area (Å²) >= 11 is 12.2. The van der Waals surface area contributed by atoms with Gasteiger partial charge < -0.3 is 19.3 Å². The van der Waals surface area contributed by atoms with Crippen LogP contribution >= 0.6 is 23.2 Å². The molecular weight excluding hydrogens is 555 g/mol. The van der Waals surface area contributed by atoms with Gasteiger partial charge in [0.1, 0.15) is 18.2 Å². The molecule has 3 aliphatic rings. The van der Waals surface area contributed by atoms with Crippen LogP contribution in [0.25, 0.3) is 0 Å². The van der Waals surface area contributed by atoms with Gasteiger partial charge in [-0.3, -0.25) is 14.3 Å². The van der Waals surface area contributed by atoms with Gasteiger partial charge in [0.2, 0.25) is 5.82 Å². The number of carbonyl (C=O) groups excluding carboxylic acids is 2. The molecule has 40 heavy (non-hydrogen) atoms. The number of benzene rings is 1. The maximum atomic E-state index is 14.0. The molecule has 12 heteroatoms. The normalized spacial score (nSPS) is 21.9. The molecule has 0 spiro atoms. The molecule has 0 radical (unpaired) electrons. The van der Waals surface area contributed by atoms with E-state index >= 15 is 0 Å². The zero-order chi connectivity index (χ0) is 28.3. The van der Waals surface area contributed by atoms with Crippen LogP contribution in [0.3, 0.4) is 0 Å². The first-order valence-corrected chi connectivity index (χ1v) is 13.8. The van der Waals surface area contributed by atoms with Crippen molar-refractivity contribution in [3.05, 3.63) is 87.1 Å². The van der Waals surface area contributed by atoms with Crippen LogP contribution in [0.15, 0.2) is 43.1 Å². The van der Waals surface area contributed by atoms with Crippen LogP contribution in [0, 0.1) is 0 Å². The second kappa shape index (κ2) is 9.78. The summed E-state index contributed by atoms with van der Waals surface area (Å²) in [6.45, 7) is 8.47. The molecule has 0 saturated carbocycles. The molecule has 3 atom stereocenters. The van der Waals surface area contributed by atoms with Crippen molar-refractivity contribution in [1.29, 1.82) is 0 Å². The van der Waals surface area contributed by atoms with Gasteiger partial charge in [-0.15, -0.1) is 0 Å². The van der Waals surface area contributed by atoms with Gasteiger partial charge >= 0.3 is 5.79 Å². The van der Waals surface area contributed by atoms with Gasteiger partial charge in [0.25, 0.3) is 11.8 Å². The zero-order valence-electron chi connectivity index (χ0n) is 22.5. The molecule has 0 bridgehead atoms. The van der Waals surface area contributed by atoms with Crippen molar-refractivity contribution in [2.45, 2.75) is 64.6 Å². The predicted molar refractivity (Wildman–Crippen MR) is 147 cm³/mol. The fraction of sp³-hybridized carbons (Fsp3) is 0.393. The van der Waals surface area contributed by atoms with Crippen LogP contribution in [0.1, 0.15) is 83.3 Å². The van der Waals surface area contributed by atoms with Gasteiger partial charge in [-0.05, 0) is 39.0 Å². The van der Waals surface area contributed by atoms with Gasteiger partial charge in [-0.2, -0.15) is 5.10 Å². The molecule has 2 amide bonds. The van der Waals surface area contributed by atoms with Crippen molar-refractivity contribution in [2.75, 3.05) is 6.54 Å². The van der Waals surface area contributed by atoms with Crippen molar-refractivity contribution in [2.24, 2.45) is 0 Å². The number of fused-ring (bicyclic) bond motifs is 3. The minimum Gasteiger partial charge on any atom is -0.450 e. The third kappa shape index (κ3) is 4.30. The molecule has 10 nitrogen and oxygen atoms in total. The third-order valence-electron chi connectivity index (χ3n) is 7.88. The summed E-state index contributed by atoms with van der Waals surface area (Å²) in [5.74, 6) is -0.992.